The predicted octanol–water partition coefficient (Wildman–Crippen LogP) is 2.85. The molecule has 0 aliphatic carbocycles. The Morgan fingerprint density at radius 3 is 2.73 bits per heavy atom. The summed E-state index contributed by atoms with van der Waals surface area (Å²) in [6, 6.07) is 15.8. The number of imidazole rings is 1. The number of benzene rings is 2. The van der Waals surface area contributed by atoms with Crippen LogP contribution in [-0.4, -0.2) is 22.0 Å². The number of fused-ring (bicyclic) bond motifs is 1. The molecule has 1 heterocycles. The molecule has 1 N–H and O–H groups in total. The summed E-state index contributed by atoms with van der Waals surface area (Å²) in [7, 11) is 1.98. The van der Waals surface area contributed by atoms with Gasteiger partial charge in [-0.15, -0.1) is 0 Å². The van der Waals surface area contributed by atoms with Crippen LogP contribution in [0.4, 0.5) is 0 Å². The van der Waals surface area contributed by atoms with E-state index in [1.807, 2.05) is 54.9 Å². The highest BCUT2D eigenvalue weighted by Gasteiger charge is 2.09. The monoisotopic (exact) mass is 293 g/mol. The molecule has 3 aromatic rings. The highest BCUT2D eigenvalue weighted by molar-refractivity contribution is 5.97. The second-order valence-corrected chi connectivity index (χ2v) is 5.41. The van der Waals surface area contributed by atoms with E-state index in [4.69, 9.17) is 0 Å². The van der Waals surface area contributed by atoms with Gasteiger partial charge in [-0.05, 0) is 37.1 Å². The van der Waals surface area contributed by atoms with Gasteiger partial charge in [-0.2, -0.15) is 0 Å². The first kappa shape index (κ1) is 14.3. The van der Waals surface area contributed by atoms with Gasteiger partial charge in [0.1, 0.15) is 5.82 Å². The average Bonchev–Trinajstić information content (AvgIpc) is 2.82. The van der Waals surface area contributed by atoms with Crippen molar-refractivity contribution in [2.75, 3.05) is 6.54 Å². The molecule has 0 fully saturated rings. The van der Waals surface area contributed by atoms with Crippen LogP contribution in [-0.2, 0) is 13.5 Å². The Labute approximate surface area is 129 Å². The number of aromatic nitrogens is 2. The number of nitrogens with one attached hydrogen (secondary N) is 1. The van der Waals surface area contributed by atoms with Gasteiger partial charge in [0.15, 0.2) is 0 Å². The van der Waals surface area contributed by atoms with Crippen molar-refractivity contribution in [1.29, 1.82) is 0 Å². The van der Waals surface area contributed by atoms with Gasteiger partial charge >= 0.3 is 0 Å². The third kappa shape index (κ3) is 2.86. The van der Waals surface area contributed by atoms with Crippen LogP contribution in [0.2, 0.25) is 0 Å². The Kier molecular flexibility index (Phi) is 3.92. The van der Waals surface area contributed by atoms with Crippen LogP contribution in [0.3, 0.4) is 0 Å². The van der Waals surface area contributed by atoms with Gasteiger partial charge in [-0.3, -0.25) is 4.79 Å². The number of carbonyl (C=O) groups is 1. The molecule has 4 nitrogen and oxygen atoms in total. The fraction of sp³-hybridized carbons (Fsp3) is 0.222. The maximum Gasteiger partial charge on any atom is 0.251 e. The minimum absolute atomic E-state index is 0.0545. The van der Waals surface area contributed by atoms with E-state index >= 15 is 0 Å². The zero-order chi connectivity index (χ0) is 15.5. The molecular formula is C18H19N3O. The Morgan fingerprint density at radius 1 is 1.18 bits per heavy atom. The van der Waals surface area contributed by atoms with Gasteiger partial charge in [0.25, 0.3) is 5.91 Å². The maximum atomic E-state index is 12.2. The molecule has 3 rings (SSSR count). The molecule has 0 atom stereocenters. The van der Waals surface area contributed by atoms with Crippen molar-refractivity contribution < 1.29 is 4.79 Å². The molecule has 0 aliphatic rings. The summed E-state index contributed by atoms with van der Waals surface area (Å²) in [5.74, 6) is 0.887. The van der Waals surface area contributed by atoms with E-state index in [1.165, 1.54) is 5.56 Å². The Bertz CT molecular complexity index is 806. The van der Waals surface area contributed by atoms with E-state index in [0.29, 0.717) is 12.1 Å². The molecule has 1 aromatic heterocycles. The summed E-state index contributed by atoms with van der Waals surface area (Å²) in [6.45, 7) is 2.59. The van der Waals surface area contributed by atoms with Crippen LogP contribution in [0.25, 0.3) is 11.0 Å². The fourth-order valence-corrected chi connectivity index (χ4v) is 2.53. The van der Waals surface area contributed by atoms with Crippen molar-refractivity contribution >= 4 is 16.9 Å². The second kappa shape index (κ2) is 6.02. The number of hydrogen-bond donors (Lipinski definition) is 1. The lowest BCUT2D eigenvalue weighted by Gasteiger charge is -2.05. The smallest absolute Gasteiger partial charge is 0.251 e. The number of carbonyl (C=O) groups excluding carboxylic acids is 1. The molecule has 112 valence electrons. The van der Waals surface area contributed by atoms with Gasteiger partial charge < -0.3 is 9.88 Å². The van der Waals surface area contributed by atoms with Crippen LogP contribution < -0.4 is 5.32 Å². The number of nitrogens with zero attached hydrogens (tertiary/aromatic N) is 2. The van der Waals surface area contributed by atoms with E-state index in [0.717, 1.165) is 23.3 Å². The lowest BCUT2D eigenvalue weighted by atomic mass is 10.1. The molecule has 0 aliphatic heterocycles. The predicted molar refractivity (Wildman–Crippen MR) is 87.9 cm³/mol. The largest absolute Gasteiger partial charge is 0.352 e. The Balaban J connectivity index is 1.67. The van der Waals surface area contributed by atoms with Crippen molar-refractivity contribution in [3.63, 3.8) is 0 Å². The van der Waals surface area contributed by atoms with Crippen molar-refractivity contribution in [2.24, 2.45) is 7.05 Å². The molecule has 2 aromatic carbocycles. The zero-order valence-electron chi connectivity index (χ0n) is 12.8. The quantitative estimate of drug-likeness (QED) is 0.804. The Hall–Kier alpha value is -2.62. The van der Waals surface area contributed by atoms with Crippen LogP contribution in [0, 0.1) is 6.92 Å². The van der Waals surface area contributed by atoms with Gasteiger partial charge in [0.2, 0.25) is 0 Å². The third-order valence-electron chi connectivity index (χ3n) is 3.91. The molecule has 4 heteroatoms. The maximum absolute atomic E-state index is 12.2. The van der Waals surface area contributed by atoms with E-state index in [1.54, 1.807) is 0 Å². The minimum atomic E-state index is -0.0545. The van der Waals surface area contributed by atoms with Crippen molar-refractivity contribution in [3.8, 4) is 0 Å². The summed E-state index contributed by atoms with van der Waals surface area (Å²) in [5.41, 5.74) is 3.77. The lowest BCUT2D eigenvalue weighted by molar-refractivity contribution is 0.0954. The molecule has 0 radical (unpaired) electrons. The molecule has 0 saturated carbocycles. The van der Waals surface area contributed by atoms with Crippen molar-refractivity contribution in [3.05, 3.63) is 65.5 Å². The molecule has 0 unspecified atom stereocenters. The van der Waals surface area contributed by atoms with Crippen LogP contribution in [0.5, 0.6) is 0 Å². The fourth-order valence-electron chi connectivity index (χ4n) is 2.53. The summed E-state index contributed by atoms with van der Waals surface area (Å²) in [4.78, 5) is 16.7. The average molecular weight is 293 g/mol. The summed E-state index contributed by atoms with van der Waals surface area (Å²) < 4.78 is 2.02. The standard InChI is InChI=1S/C18H19N3O/c1-13-20-16-12-15(8-9-17(16)21(13)2)18(22)19-11-10-14-6-4-3-5-7-14/h3-9,12H,10-11H2,1-2H3,(H,19,22). The SMILES string of the molecule is Cc1nc2cc(C(=O)NCCc3ccccc3)ccc2n1C. The van der Waals surface area contributed by atoms with Gasteiger partial charge in [-0.25, -0.2) is 4.98 Å². The molecule has 1 amide bonds. The van der Waals surface area contributed by atoms with Crippen LogP contribution >= 0.6 is 0 Å². The summed E-state index contributed by atoms with van der Waals surface area (Å²) in [5, 5.41) is 2.96. The van der Waals surface area contributed by atoms with Crippen molar-refractivity contribution in [2.45, 2.75) is 13.3 Å². The van der Waals surface area contributed by atoms with Gasteiger partial charge in [0, 0.05) is 19.2 Å². The number of hydrogen-bond acceptors (Lipinski definition) is 2. The van der Waals surface area contributed by atoms with Crippen LogP contribution in [0.15, 0.2) is 48.5 Å². The molecular weight excluding hydrogens is 274 g/mol. The third-order valence-corrected chi connectivity index (χ3v) is 3.91. The number of aryl methyl sites for hydroxylation is 2. The zero-order valence-corrected chi connectivity index (χ0v) is 12.8. The van der Waals surface area contributed by atoms with E-state index in [-0.39, 0.29) is 5.91 Å². The highest BCUT2D eigenvalue weighted by atomic mass is 16.1. The second-order valence-electron chi connectivity index (χ2n) is 5.41. The van der Waals surface area contributed by atoms with Crippen LogP contribution in [0.1, 0.15) is 21.7 Å². The topological polar surface area (TPSA) is 46.9 Å². The van der Waals surface area contributed by atoms with E-state index in [9.17, 15) is 4.79 Å². The first-order valence-electron chi connectivity index (χ1n) is 7.40. The first-order chi connectivity index (χ1) is 10.6. The van der Waals surface area contributed by atoms with Gasteiger partial charge in [0.05, 0.1) is 11.0 Å². The normalized spacial score (nSPS) is 10.8. The molecule has 0 saturated heterocycles. The number of rotatable bonds is 4. The summed E-state index contributed by atoms with van der Waals surface area (Å²) >= 11 is 0. The minimum Gasteiger partial charge on any atom is -0.352 e. The van der Waals surface area contributed by atoms with E-state index in [2.05, 4.69) is 22.4 Å². The highest BCUT2D eigenvalue weighted by Crippen LogP contribution is 2.16. The molecule has 0 bridgehead atoms. The molecule has 0 spiro atoms. The lowest BCUT2D eigenvalue weighted by Crippen LogP contribution is -2.25. The summed E-state index contributed by atoms with van der Waals surface area (Å²) in [6.07, 6.45) is 0.831. The van der Waals surface area contributed by atoms with Gasteiger partial charge in [-0.1, -0.05) is 30.3 Å². The number of amides is 1. The first-order valence-corrected chi connectivity index (χ1v) is 7.40. The van der Waals surface area contributed by atoms with Crippen molar-refractivity contribution in [1.82, 2.24) is 14.9 Å². The molecule has 22 heavy (non-hydrogen) atoms. The Morgan fingerprint density at radius 2 is 1.95 bits per heavy atom. The van der Waals surface area contributed by atoms with E-state index < -0.39 is 0 Å².